The zero-order valence-electron chi connectivity index (χ0n) is 9.34. The Balaban J connectivity index is 5.27. The molecule has 6 nitrogen and oxygen atoms in total. The van der Waals surface area contributed by atoms with Gasteiger partial charge in [0.15, 0.2) is 0 Å². The van der Waals surface area contributed by atoms with Crippen molar-refractivity contribution in [1.82, 2.24) is 0 Å². The van der Waals surface area contributed by atoms with Crippen molar-refractivity contribution in [2.45, 2.75) is 26.2 Å². The molecule has 0 rings (SSSR count). The molecule has 0 aliphatic rings. The average molecular weight is 242 g/mol. The van der Waals surface area contributed by atoms with E-state index in [1.165, 1.54) is 12.2 Å². The first-order chi connectivity index (χ1) is 7.90. The molecule has 0 aliphatic heterocycles. The number of hydrogen-bond acceptors (Lipinski definition) is 3. The van der Waals surface area contributed by atoms with E-state index in [1.54, 1.807) is 6.92 Å². The predicted octanol–water partition coefficient (Wildman–Crippen LogP) is 1.28. The van der Waals surface area contributed by atoms with Crippen LogP contribution < -0.4 is 0 Å². The molecular weight excluding hydrogens is 228 g/mol. The number of carboxylic acid groups (broad SMARTS) is 3. The van der Waals surface area contributed by atoms with E-state index in [2.05, 4.69) is 0 Å². The third-order valence-electron chi connectivity index (χ3n) is 1.92. The van der Waals surface area contributed by atoms with E-state index < -0.39 is 29.9 Å². The summed E-state index contributed by atoms with van der Waals surface area (Å²) >= 11 is 0. The smallest absolute Gasteiger partial charge is 0.336 e. The molecule has 0 aromatic heterocycles. The zero-order chi connectivity index (χ0) is 13.4. The number of carbonyl (C=O) groups is 3. The molecule has 17 heavy (non-hydrogen) atoms. The van der Waals surface area contributed by atoms with Gasteiger partial charge in [-0.05, 0) is 12.8 Å². The van der Waals surface area contributed by atoms with Crippen LogP contribution in [0.4, 0.5) is 0 Å². The minimum Gasteiger partial charge on any atom is -0.481 e. The predicted molar refractivity (Wildman–Crippen MR) is 58.6 cm³/mol. The minimum atomic E-state index is -1.41. The van der Waals surface area contributed by atoms with Gasteiger partial charge in [-0.3, -0.25) is 4.79 Å². The molecule has 0 saturated heterocycles. The third kappa shape index (κ3) is 5.50. The standard InChI is InChI=1S/C11H14O6/c1-2-3-4-7(10(14)15)8(11(16)17)5-6-9(12)13/h3-4H,2,5-6H2,1H3,(H,12,13)(H,14,15)(H,16,17). The van der Waals surface area contributed by atoms with E-state index in [0.717, 1.165) is 0 Å². The number of aliphatic carboxylic acids is 3. The molecule has 0 amide bonds. The summed E-state index contributed by atoms with van der Waals surface area (Å²) in [4.78, 5) is 32.1. The minimum absolute atomic E-state index is 0.319. The van der Waals surface area contributed by atoms with Crippen molar-refractivity contribution in [1.29, 1.82) is 0 Å². The van der Waals surface area contributed by atoms with Crippen molar-refractivity contribution in [2.75, 3.05) is 0 Å². The molecule has 6 heteroatoms. The van der Waals surface area contributed by atoms with E-state index in [0.29, 0.717) is 6.42 Å². The molecule has 0 radical (unpaired) electrons. The van der Waals surface area contributed by atoms with Gasteiger partial charge in [-0.2, -0.15) is 0 Å². The van der Waals surface area contributed by atoms with Crippen LogP contribution in [-0.4, -0.2) is 33.2 Å². The van der Waals surface area contributed by atoms with E-state index in [-0.39, 0.29) is 12.0 Å². The average Bonchev–Trinajstić information content (AvgIpc) is 2.21. The Labute approximate surface area is 97.9 Å². The summed E-state index contributed by atoms with van der Waals surface area (Å²) in [6.45, 7) is 1.77. The van der Waals surface area contributed by atoms with Crippen molar-refractivity contribution in [3.63, 3.8) is 0 Å². The van der Waals surface area contributed by atoms with Crippen LogP contribution in [0.5, 0.6) is 0 Å². The maximum Gasteiger partial charge on any atom is 0.336 e. The van der Waals surface area contributed by atoms with Gasteiger partial charge < -0.3 is 15.3 Å². The summed E-state index contributed by atoms with van der Waals surface area (Å²) in [7, 11) is 0. The van der Waals surface area contributed by atoms with Crippen LogP contribution in [-0.2, 0) is 14.4 Å². The quantitative estimate of drug-likeness (QED) is 0.458. The van der Waals surface area contributed by atoms with Crippen LogP contribution >= 0.6 is 0 Å². The number of hydrogen-bond donors (Lipinski definition) is 3. The van der Waals surface area contributed by atoms with Crippen molar-refractivity contribution in [3.8, 4) is 0 Å². The van der Waals surface area contributed by atoms with Crippen LogP contribution in [0.3, 0.4) is 0 Å². The highest BCUT2D eigenvalue weighted by molar-refractivity contribution is 6.01. The number of carboxylic acids is 3. The third-order valence-corrected chi connectivity index (χ3v) is 1.92. The van der Waals surface area contributed by atoms with Gasteiger partial charge in [0.05, 0.1) is 11.1 Å². The summed E-state index contributed by atoms with van der Waals surface area (Å²) in [5.74, 6) is -3.96. The molecule has 0 aliphatic carbocycles. The Morgan fingerprint density at radius 3 is 1.94 bits per heavy atom. The van der Waals surface area contributed by atoms with Gasteiger partial charge in [0.2, 0.25) is 0 Å². The van der Waals surface area contributed by atoms with Gasteiger partial charge in [0, 0.05) is 6.42 Å². The molecule has 0 aromatic carbocycles. The van der Waals surface area contributed by atoms with Gasteiger partial charge in [0.25, 0.3) is 0 Å². The maximum absolute atomic E-state index is 10.9. The molecule has 0 fully saturated rings. The molecule has 0 bridgehead atoms. The maximum atomic E-state index is 10.9. The Kier molecular flexibility index (Phi) is 6.32. The zero-order valence-corrected chi connectivity index (χ0v) is 9.34. The van der Waals surface area contributed by atoms with Gasteiger partial charge >= 0.3 is 17.9 Å². The highest BCUT2D eigenvalue weighted by atomic mass is 16.4. The van der Waals surface area contributed by atoms with Crippen LogP contribution in [0.15, 0.2) is 23.3 Å². The van der Waals surface area contributed by atoms with Gasteiger partial charge in [-0.1, -0.05) is 19.1 Å². The van der Waals surface area contributed by atoms with E-state index in [9.17, 15) is 14.4 Å². The fourth-order valence-corrected chi connectivity index (χ4v) is 1.13. The highest BCUT2D eigenvalue weighted by Gasteiger charge is 2.18. The highest BCUT2D eigenvalue weighted by Crippen LogP contribution is 2.14. The second-order valence-electron chi connectivity index (χ2n) is 3.21. The first-order valence-electron chi connectivity index (χ1n) is 4.98. The molecule has 0 heterocycles. The Morgan fingerprint density at radius 2 is 1.59 bits per heavy atom. The lowest BCUT2D eigenvalue weighted by Gasteiger charge is -2.04. The number of rotatable bonds is 7. The fraction of sp³-hybridized carbons (Fsp3) is 0.364. The fourth-order valence-electron chi connectivity index (χ4n) is 1.13. The van der Waals surface area contributed by atoms with Crippen LogP contribution in [0.25, 0.3) is 0 Å². The molecule has 0 spiro atoms. The second-order valence-corrected chi connectivity index (χ2v) is 3.21. The van der Waals surface area contributed by atoms with E-state index in [1.807, 2.05) is 0 Å². The molecule has 0 atom stereocenters. The van der Waals surface area contributed by atoms with Gasteiger partial charge in [-0.15, -0.1) is 0 Å². The molecule has 0 unspecified atom stereocenters. The van der Waals surface area contributed by atoms with Crippen molar-refractivity contribution < 1.29 is 29.7 Å². The largest absolute Gasteiger partial charge is 0.481 e. The molecule has 94 valence electrons. The van der Waals surface area contributed by atoms with E-state index >= 15 is 0 Å². The first kappa shape index (κ1) is 14.9. The summed E-state index contributed by atoms with van der Waals surface area (Å²) in [6.07, 6.45) is 2.52. The molecule has 0 saturated carbocycles. The summed E-state index contributed by atoms with van der Waals surface area (Å²) in [6, 6.07) is 0. The first-order valence-corrected chi connectivity index (χ1v) is 4.98. The van der Waals surface area contributed by atoms with Crippen molar-refractivity contribution in [3.05, 3.63) is 23.3 Å². The molecular formula is C11H14O6. The Morgan fingerprint density at radius 1 is 1.00 bits per heavy atom. The number of allylic oxidation sites excluding steroid dienone is 1. The molecule has 3 N–H and O–H groups in total. The Bertz CT molecular complexity index is 377. The SMILES string of the molecule is CCC=CC(C(=O)O)=C(CCC(=O)O)C(=O)O. The van der Waals surface area contributed by atoms with Crippen LogP contribution in [0, 0.1) is 0 Å². The lowest BCUT2D eigenvalue weighted by Crippen LogP contribution is -2.11. The van der Waals surface area contributed by atoms with Crippen LogP contribution in [0.1, 0.15) is 26.2 Å². The normalized spacial score (nSPS) is 12.3. The monoisotopic (exact) mass is 242 g/mol. The lowest BCUT2D eigenvalue weighted by molar-refractivity contribution is -0.138. The van der Waals surface area contributed by atoms with Crippen molar-refractivity contribution >= 4 is 17.9 Å². The Hall–Kier alpha value is -2.11. The van der Waals surface area contributed by atoms with E-state index in [4.69, 9.17) is 15.3 Å². The summed E-state index contributed by atoms with van der Waals surface area (Å²) in [5.41, 5.74) is -0.773. The van der Waals surface area contributed by atoms with Gasteiger partial charge in [-0.25, -0.2) is 9.59 Å². The lowest BCUT2D eigenvalue weighted by atomic mass is 10.0. The van der Waals surface area contributed by atoms with Crippen molar-refractivity contribution in [2.24, 2.45) is 0 Å². The van der Waals surface area contributed by atoms with Gasteiger partial charge in [0.1, 0.15) is 0 Å². The van der Waals surface area contributed by atoms with Crippen LogP contribution in [0.2, 0.25) is 0 Å². The topological polar surface area (TPSA) is 112 Å². The summed E-state index contributed by atoms with van der Waals surface area (Å²) in [5, 5.41) is 26.2. The molecule has 0 aromatic rings. The second kappa shape index (κ2) is 7.21. The summed E-state index contributed by atoms with van der Waals surface area (Å²) < 4.78 is 0.